The van der Waals surface area contributed by atoms with Gasteiger partial charge in [-0.1, -0.05) is 0 Å². The maximum atomic E-state index is 13.7. The molecule has 1 fully saturated rings. The van der Waals surface area contributed by atoms with Gasteiger partial charge in [-0.15, -0.1) is 0 Å². The van der Waals surface area contributed by atoms with Gasteiger partial charge in [0.1, 0.15) is 6.61 Å². The van der Waals surface area contributed by atoms with Crippen LogP contribution in [0.15, 0.2) is 11.7 Å². The van der Waals surface area contributed by atoms with E-state index in [0.29, 0.717) is 0 Å². The number of allylic oxidation sites excluding steroid dienone is 1. The molecule has 1 aliphatic heterocycles. The highest BCUT2D eigenvalue weighted by molar-refractivity contribution is 5.13. The second kappa shape index (κ2) is 6.00. The molecular formula is C9H6F12N2O2. The van der Waals surface area contributed by atoms with Crippen molar-refractivity contribution in [1.82, 2.24) is 4.90 Å². The van der Waals surface area contributed by atoms with Gasteiger partial charge < -0.3 is 10.5 Å². The second-order valence-electron chi connectivity index (χ2n) is 4.31. The van der Waals surface area contributed by atoms with Crippen LogP contribution in [0, 0.1) is 0 Å². The van der Waals surface area contributed by atoms with Crippen LogP contribution < -0.4 is 5.73 Å². The molecule has 0 aromatic rings. The van der Waals surface area contributed by atoms with Crippen molar-refractivity contribution in [2.75, 3.05) is 13.2 Å². The Bertz CT molecular complexity index is 517. The zero-order chi connectivity index (χ0) is 20.1. The van der Waals surface area contributed by atoms with E-state index in [1.165, 1.54) is 0 Å². The zero-order valence-corrected chi connectivity index (χ0v) is 11.3. The standard InChI is InChI=1S/C9H6F12N2O2/c10-4(3(5(11,12)13)24-2-1-22)23-6(14,15)8(18,19)25-9(20,21)7(23,16)17/h1-2,22H2/b4-3-. The van der Waals surface area contributed by atoms with Gasteiger partial charge in [-0.2, -0.15) is 52.7 Å². The third-order valence-corrected chi connectivity index (χ3v) is 2.52. The highest BCUT2D eigenvalue weighted by atomic mass is 19.4. The fourth-order valence-electron chi connectivity index (χ4n) is 1.49. The number of alkyl halides is 11. The first-order valence-electron chi connectivity index (χ1n) is 5.75. The van der Waals surface area contributed by atoms with E-state index >= 15 is 0 Å². The lowest BCUT2D eigenvalue weighted by Gasteiger charge is -2.47. The summed E-state index contributed by atoms with van der Waals surface area (Å²) in [6.07, 6.45) is -19.1. The third-order valence-electron chi connectivity index (χ3n) is 2.52. The Morgan fingerprint density at radius 3 is 1.64 bits per heavy atom. The molecule has 1 saturated heterocycles. The molecule has 0 spiro atoms. The summed E-state index contributed by atoms with van der Waals surface area (Å²) >= 11 is 0. The summed E-state index contributed by atoms with van der Waals surface area (Å²) in [7, 11) is 0. The molecule has 16 heteroatoms. The number of morpholine rings is 1. The summed E-state index contributed by atoms with van der Waals surface area (Å²) < 4.78 is 162. The quantitative estimate of drug-likeness (QED) is 0.445. The van der Waals surface area contributed by atoms with Gasteiger partial charge in [0.25, 0.3) is 5.76 Å². The Hall–Kier alpha value is -1.58. The number of ether oxygens (including phenoxy) is 2. The van der Waals surface area contributed by atoms with E-state index in [9.17, 15) is 52.7 Å². The normalized spacial score (nSPS) is 25.4. The molecule has 0 amide bonds. The van der Waals surface area contributed by atoms with Crippen LogP contribution in [0.1, 0.15) is 0 Å². The summed E-state index contributed by atoms with van der Waals surface area (Å²) in [4.78, 5) is -3.04. The minimum atomic E-state index is -6.65. The molecule has 0 aromatic carbocycles. The number of hydrogen-bond donors (Lipinski definition) is 1. The maximum absolute atomic E-state index is 13.7. The number of nitrogens with two attached hydrogens (primary N) is 1. The number of halogens is 12. The van der Waals surface area contributed by atoms with Crippen LogP contribution in [-0.2, 0) is 9.47 Å². The predicted molar refractivity (Wildman–Crippen MR) is 51.9 cm³/mol. The minimum absolute atomic E-state index is 0.824. The van der Waals surface area contributed by atoms with Gasteiger partial charge >= 0.3 is 30.5 Å². The highest BCUT2D eigenvalue weighted by Gasteiger charge is 2.84. The van der Waals surface area contributed by atoms with Crippen LogP contribution in [0.25, 0.3) is 0 Å². The van der Waals surface area contributed by atoms with Crippen LogP contribution in [0.2, 0.25) is 0 Å². The molecular weight excluding hydrogens is 396 g/mol. The van der Waals surface area contributed by atoms with E-state index in [1.807, 2.05) is 4.74 Å². The molecule has 0 aliphatic carbocycles. The molecule has 0 saturated carbocycles. The zero-order valence-electron chi connectivity index (χ0n) is 11.3. The Morgan fingerprint density at radius 1 is 0.920 bits per heavy atom. The smallest absolute Gasteiger partial charge is 0.453 e. The largest absolute Gasteiger partial charge is 0.484 e. The van der Waals surface area contributed by atoms with E-state index in [-0.39, 0.29) is 0 Å². The molecule has 0 atom stereocenters. The first-order chi connectivity index (χ1) is 10.9. The van der Waals surface area contributed by atoms with Gasteiger partial charge in [0, 0.05) is 6.54 Å². The van der Waals surface area contributed by atoms with Gasteiger partial charge in [-0.3, -0.25) is 0 Å². The average molecular weight is 402 g/mol. The summed E-state index contributed by atoms with van der Waals surface area (Å²) in [5, 5.41) is 0. The van der Waals surface area contributed by atoms with Crippen LogP contribution in [-0.4, -0.2) is 48.5 Å². The molecule has 2 N–H and O–H groups in total. The Kier molecular flexibility index (Phi) is 5.15. The summed E-state index contributed by atoms with van der Waals surface area (Å²) in [6, 6.07) is -13.3. The van der Waals surface area contributed by atoms with E-state index < -0.39 is 60.2 Å². The van der Waals surface area contributed by atoms with Gasteiger partial charge in [0.2, 0.25) is 5.95 Å². The first kappa shape index (κ1) is 21.5. The van der Waals surface area contributed by atoms with Crippen molar-refractivity contribution in [3.05, 3.63) is 11.7 Å². The first-order valence-corrected chi connectivity index (χ1v) is 5.75. The number of rotatable bonds is 4. The van der Waals surface area contributed by atoms with E-state index in [1.54, 1.807) is 0 Å². The summed E-state index contributed by atoms with van der Waals surface area (Å²) in [6.45, 7) is -2.12. The fraction of sp³-hybridized carbons (Fsp3) is 0.778. The van der Waals surface area contributed by atoms with Crippen molar-refractivity contribution in [2.45, 2.75) is 30.5 Å². The minimum Gasteiger partial charge on any atom is -0.484 e. The van der Waals surface area contributed by atoms with Gasteiger partial charge in [-0.05, 0) is 0 Å². The lowest BCUT2D eigenvalue weighted by atomic mass is 10.2. The van der Waals surface area contributed by atoms with Gasteiger partial charge in [0.15, 0.2) is 0 Å². The molecule has 1 aliphatic rings. The topological polar surface area (TPSA) is 47.7 Å². The molecule has 0 radical (unpaired) electrons. The number of nitrogens with zero attached hydrogens (tertiary/aromatic N) is 1. The molecule has 148 valence electrons. The Labute approximate surface area is 129 Å². The van der Waals surface area contributed by atoms with Crippen LogP contribution in [0.4, 0.5) is 52.7 Å². The van der Waals surface area contributed by atoms with Crippen molar-refractivity contribution in [2.24, 2.45) is 5.73 Å². The highest BCUT2D eigenvalue weighted by Crippen LogP contribution is 2.57. The molecule has 4 nitrogen and oxygen atoms in total. The SMILES string of the molecule is NCCO/C(=C(/F)N1C(F)(F)C(F)(F)OC(F)(F)C1(F)F)C(F)(F)F. The fourth-order valence-corrected chi connectivity index (χ4v) is 1.49. The lowest BCUT2D eigenvalue weighted by Crippen LogP contribution is -2.73. The third kappa shape index (κ3) is 3.40. The summed E-state index contributed by atoms with van der Waals surface area (Å²) in [5.74, 6) is -7.20. The van der Waals surface area contributed by atoms with E-state index in [0.717, 1.165) is 0 Å². The molecule has 1 heterocycles. The Balaban J connectivity index is 3.67. The van der Waals surface area contributed by atoms with Crippen LogP contribution in [0.3, 0.4) is 0 Å². The second-order valence-corrected chi connectivity index (χ2v) is 4.31. The molecule has 1 rings (SSSR count). The van der Waals surface area contributed by atoms with E-state index in [2.05, 4.69) is 10.5 Å². The number of hydrogen-bond acceptors (Lipinski definition) is 4. The van der Waals surface area contributed by atoms with Gasteiger partial charge in [0.05, 0.1) is 0 Å². The monoisotopic (exact) mass is 402 g/mol. The van der Waals surface area contributed by atoms with Crippen LogP contribution >= 0.6 is 0 Å². The van der Waals surface area contributed by atoms with E-state index in [4.69, 9.17) is 0 Å². The molecule has 25 heavy (non-hydrogen) atoms. The Morgan fingerprint density at radius 2 is 1.32 bits per heavy atom. The lowest BCUT2D eigenvalue weighted by molar-refractivity contribution is -0.559. The van der Waals surface area contributed by atoms with Crippen molar-refractivity contribution in [1.29, 1.82) is 0 Å². The molecule has 0 aromatic heterocycles. The van der Waals surface area contributed by atoms with Gasteiger partial charge in [-0.25, -0.2) is 9.64 Å². The predicted octanol–water partition coefficient (Wildman–Crippen LogP) is 3.37. The average Bonchev–Trinajstić information content (AvgIpc) is 2.33. The van der Waals surface area contributed by atoms with Crippen LogP contribution in [0.5, 0.6) is 0 Å². The van der Waals surface area contributed by atoms with Crippen molar-refractivity contribution in [3.63, 3.8) is 0 Å². The maximum Gasteiger partial charge on any atom is 0.453 e. The summed E-state index contributed by atoms with van der Waals surface area (Å²) in [5.41, 5.74) is 4.68. The molecule has 0 unspecified atom stereocenters. The van der Waals surface area contributed by atoms with Crippen molar-refractivity contribution < 1.29 is 62.2 Å². The van der Waals surface area contributed by atoms with Crippen molar-refractivity contribution in [3.8, 4) is 0 Å². The van der Waals surface area contributed by atoms with Crippen molar-refractivity contribution >= 4 is 0 Å². The molecule has 0 bridgehead atoms.